The van der Waals surface area contributed by atoms with E-state index in [1.54, 1.807) is 12.1 Å². The molecule has 18 heavy (non-hydrogen) atoms. The second-order valence-corrected chi connectivity index (χ2v) is 4.52. The van der Waals surface area contributed by atoms with Crippen LogP contribution in [0, 0.1) is 0 Å². The zero-order chi connectivity index (χ0) is 14.2. The fourth-order valence-electron chi connectivity index (χ4n) is 0.889. The first kappa shape index (κ1) is 16.3. The van der Waals surface area contributed by atoms with Gasteiger partial charge in [-0.05, 0) is 5.56 Å². The van der Waals surface area contributed by atoms with E-state index >= 15 is 0 Å². The van der Waals surface area contributed by atoms with Crippen molar-refractivity contribution in [3.8, 4) is 0 Å². The Bertz CT molecular complexity index is 437. The van der Waals surface area contributed by atoms with Gasteiger partial charge in [-0.15, -0.1) is 0 Å². The molecule has 0 bridgehead atoms. The van der Waals surface area contributed by atoms with Crippen LogP contribution in [-0.4, -0.2) is 33.7 Å². The standard InChI is InChI=1S/C8H8O2.C2H5O5P/c9-8(10)6-7-4-2-1-3-5-7;1-7-2(3)8(4,5)6/h1-5H,6H2,(H,9,10);1H3,(H2,4,5,6). The van der Waals surface area contributed by atoms with Gasteiger partial charge in [0.1, 0.15) is 0 Å². The molecule has 0 aliphatic heterocycles. The zero-order valence-electron chi connectivity index (χ0n) is 9.52. The van der Waals surface area contributed by atoms with Gasteiger partial charge in [-0.25, -0.2) is 9.36 Å². The lowest BCUT2D eigenvalue weighted by molar-refractivity contribution is -0.136. The Kier molecular flexibility index (Phi) is 6.89. The molecular weight excluding hydrogens is 263 g/mol. The molecule has 0 heterocycles. The minimum atomic E-state index is -4.62. The topological polar surface area (TPSA) is 121 Å². The van der Waals surface area contributed by atoms with Crippen molar-refractivity contribution < 1.29 is 33.8 Å². The highest BCUT2D eigenvalue weighted by molar-refractivity contribution is 7.69. The van der Waals surface area contributed by atoms with Gasteiger partial charge in [-0.3, -0.25) is 4.79 Å². The van der Waals surface area contributed by atoms with Gasteiger partial charge < -0.3 is 19.6 Å². The summed E-state index contributed by atoms with van der Waals surface area (Å²) in [6, 6.07) is 9.13. The molecule has 0 aliphatic rings. The lowest BCUT2D eigenvalue weighted by Crippen LogP contribution is -1.98. The minimum Gasteiger partial charge on any atom is -0.481 e. The lowest BCUT2D eigenvalue weighted by Gasteiger charge is -1.97. The molecule has 0 radical (unpaired) electrons. The first-order chi connectivity index (χ1) is 8.27. The van der Waals surface area contributed by atoms with Crippen molar-refractivity contribution in [2.24, 2.45) is 0 Å². The van der Waals surface area contributed by atoms with E-state index in [4.69, 9.17) is 14.9 Å². The summed E-state index contributed by atoms with van der Waals surface area (Å²) in [5.41, 5.74) is -0.660. The highest BCUT2D eigenvalue weighted by Gasteiger charge is 2.26. The van der Waals surface area contributed by atoms with E-state index in [9.17, 15) is 14.2 Å². The highest BCUT2D eigenvalue weighted by atomic mass is 31.2. The average molecular weight is 276 g/mol. The van der Waals surface area contributed by atoms with Crippen molar-refractivity contribution in [3.63, 3.8) is 0 Å². The molecule has 0 atom stereocenters. The summed E-state index contributed by atoms with van der Waals surface area (Å²) in [5, 5.41) is 8.37. The number of carboxylic acid groups (broad SMARTS) is 1. The number of rotatable bonds is 3. The number of carbonyl (C=O) groups is 2. The van der Waals surface area contributed by atoms with Gasteiger partial charge in [0, 0.05) is 0 Å². The number of ether oxygens (including phenoxy) is 1. The average Bonchev–Trinajstić information content (AvgIpc) is 2.28. The second kappa shape index (κ2) is 7.60. The van der Waals surface area contributed by atoms with Crippen LogP contribution >= 0.6 is 7.60 Å². The molecule has 1 aromatic carbocycles. The summed E-state index contributed by atoms with van der Waals surface area (Å²) >= 11 is 0. The summed E-state index contributed by atoms with van der Waals surface area (Å²) in [5.74, 6) is -0.786. The minimum absolute atomic E-state index is 0.112. The number of aliphatic carboxylic acids is 1. The van der Waals surface area contributed by atoms with E-state index in [1.165, 1.54) is 0 Å². The Morgan fingerprint density at radius 2 is 1.72 bits per heavy atom. The fourth-order valence-corrected chi connectivity index (χ4v) is 1.13. The van der Waals surface area contributed by atoms with Gasteiger partial charge >= 0.3 is 19.3 Å². The first-order valence-electron chi connectivity index (χ1n) is 4.67. The van der Waals surface area contributed by atoms with E-state index in [0.717, 1.165) is 12.7 Å². The summed E-state index contributed by atoms with van der Waals surface area (Å²) in [4.78, 5) is 35.9. The van der Waals surface area contributed by atoms with Gasteiger partial charge in [0.15, 0.2) is 0 Å². The van der Waals surface area contributed by atoms with E-state index in [1.807, 2.05) is 18.2 Å². The van der Waals surface area contributed by atoms with Crippen molar-refractivity contribution >= 4 is 19.3 Å². The molecule has 8 heteroatoms. The van der Waals surface area contributed by atoms with Crippen molar-refractivity contribution in [1.29, 1.82) is 0 Å². The number of methoxy groups -OCH3 is 1. The predicted octanol–water partition coefficient (Wildman–Crippen LogP) is 1.24. The van der Waals surface area contributed by atoms with Crippen molar-refractivity contribution in [2.75, 3.05) is 7.11 Å². The van der Waals surface area contributed by atoms with Crippen LogP contribution in [0.4, 0.5) is 4.79 Å². The van der Waals surface area contributed by atoms with Crippen molar-refractivity contribution in [3.05, 3.63) is 35.9 Å². The number of carboxylic acids is 1. The van der Waals surface area contributed by atoms with Crippen LogP contribution < -0.4 is 0 Å². The number of hydrogen-bond donors (Lipinski definition) is 3. The molecule has 0 saturated carbocycles. The molecule has 0 saturated heterocycles. The fraction of sp³-hybridized carbons (Fsp3) is 0.200. The van der Waals surface area contributed by atoms with Gasteiger partial charge in [0.05, 0.1) is 13.5 Å². The molecule has 3 N–H and O–H groups in total. The van der Waals surface area contributed by atoms with E-state index in [2.05, 4.69) is 4.74 Å². The molecule has 0 spiro atoms. The maximum atomic E-state index is 10.2. The van der Waals surface area contributed by atoms with Crippen LogP contribution in [-0.2, 0) is 20.5 Å². The maximum Gasteiger partial charge on any atom is 0.433 e. The molecule has 0 aromatic heterocycles. The highest BCUT2D eigenvalue weighted by Crippen LogP contribution is 2.36. The monoisotopic (exact) mass is 276 g/mol. The summed E-state index contributed by atoms with van der Waals surface area (Å²) in [7, 11) is -3.71. The Morgan fingerprint density at radius 1 is 1.22 bits per heavy atom. The van der Waals surface area contributed by atoms with Crippen LogP contribution in [0.3, 0.4) is 0 Å². The van der Waals surface area contributed by atoms with Crippen LogP contribution in [0.5, 0.6) is 0 Å². The third kappa shape index (κ3) is 7.56. The Hall–Kier alpha value is -1.69. The van der Waals surface area contributed by atoms with E-state index in [0.29, 0.717) is 0 Å². The quantitative estimate of drug-likeness (QED) is 0.710. The zero-order valence-corrected chi connectivity index (χ0v) is 10.4. The molecule has 1 rings (SSSR count). The van der Waals surface area contributed by atoms with Gasteiger partial charge in [-0.1, -0.05) is 30.3 Å². The molecule has 0 unspecified atom stereocenters. The normalized spacial score (nSPS) is 9.94. The number of hydrogen-bond acceptors (Lipinski definition) is 4. The predicted molar refractivity (Wildman–Crippen MR) is 62.2 cm³/mol. The Labute approximate surface area is 103 Å². The van der Waals surface area contributed by atoms with E-state index < -0.39 is 19.3 Å². The molecule has 0 amide bonds. The summed E-state index contributed by atoms with van der Waals surface area (Å²) in [6.45, 7) is 0. The molecular formula is C10H13O7P. The SMILES string of the molecule is COC(=O)P(=O)(O)O.O=C(O)Cc1ccccc1. The van der Waals surface area contributed by atoms with Crippen LogP contribution in [0.15, 0.2) is 30.3 Å². The smallest absolute Gasteiger partial charge is 0.433 e. The van der Waals surface area contributed by atoms with Crippen LogP contribution in [0.2, 0.25) is 0 Å². The Morgan fingerprint density at radius 3 is 2.00 bits per heavy atom. The molecule has 0 aliphatic carbocycles. The first-order valence-corrected chi connectivity index (χ1v) is 6.28. The van der Waals surface area contributed by atoms with E-state index in [-0.39, 0.29) is 6.42 Å². The number of benzene rings is 1. The maximum absolute atomic E-state index is 10.2. The second-order valence-electron chi connectivity index (χ2n) is 3.07. The van der Waals surface area contributed by atoms with Gasteiger partial charge in [0.25, 0.3) is 0 Å². The van der Waals surface area contributed by atoms with Crippen LogP contribution in [0.1, 0.15) is 5.56 Å². The molecule has 1 aromatic rings. The van der Waals surface area contributed by atoms with Gasteiger partial charge in [0.2, 0.25) is 0 Å². The number of carbonyl (C=O) groups excluding carboxylic acids is 1. The third-order valence-corrected chi connectivity index (χ3v) is 2.27. The lowest BCUT2D eigenvalue weighted by atomic mass is 10.2. The van der Waals surface area contributed by atoms with Gasteiger partial charge in [-0.2, -0.15) is 0 Å². The Balaban J connectivity index is 0.000000331. The molecule has 0 fully saturated rings. The largest absolute Gasteiger partial charge is 0.481 e. The van der Waals surface area contributed by atoms with Crippen molar-refractivity contribution in [1.82, 2.24) is 0 Å². The summed E-state index contributed by atoms with van der Waals surface area (Å²) < 4.78 is 13.5. The van der Waals surface area contributed by atoms with Crippen molar-refractivity contribution in [2.45, 2.75) is 6.42 Å². The third-order valence-electron chi connectivity index (χ3n) is 1.61. The summed E-state index contributed by atoms with van der Waals surface area (Å²) in [6.07, 6.45) is 0.112. The molecule has 100 valence electrons. The molecule has 7 nitrogen and oxygen atoms in total. The van der Waals surface area contributed by atoms with Crippen LogP contribution in [0.25, 0.3) is 0 Å².